The third kappa shape index (κ3) is 4.28. The minimum Gasteiger partial charge on any atom is -0.481 e. The molecular formula is C11H18N2O2S. The van der Waals surface area contributed by atoms with Gasteiger partial charge in [-0.05, 0) is 34.0 Å². The second kappa shape index (κ2) is 5.96. The van der Waals surface area contributed by atoms with Crippen LogP contribution in [0.2, 0.25) is 0 Å². The topological polar surface area (TPSA) is 53.4 Å². The molecule has 1 N–H and O–H groups in total. The van der Waals surface area contributed by atoms with Crippen LogP contribution in [-0.2, 0) is 17.6 Å². The second-order valence-corrected chi connectivity index (χ2v) is 5.26. The molecule has 1 heterocycles. The molecule has 1 rings (SSSR count). The van der Waals surface area contributed by atoms with E-state index in [4.69, 9.17) is 5.11 Å². The van der Waals surface area contributed by atoms with Crippen molar-refractivity contribution in [1.29, 1.82) is 0 Å². The summed E-state index contributed by atoms with van der Waals surface area (Å²) in [7, 11) is 4.09. The van der Waals surface area contributed by atoms with Crippen molar-refractivity contribution in [3.8, 4) is 0 Å². The zero-order chi connectivity index (χ0) is 12.1. The summed E-state index contributed by atoms with van der Waals surface area (Å²) in [6, 6.07) is 0. The van der Waals surface area contributed by atoms with Crippen LogP contribution in [0.15, 0.2) is 0 Å². The van der Waals surface area contributed by atoms with Crippen LogP contribution in [0.4, 0.5) is 0 Å². The molecule has 0 bridgehead atoms. The van der Waals surface area contributed by atoms with Gasteiger partial charge in [0.2, 0.25) is 0 Å². The van der Waals surface area contributed by atoms with Gasteiger partial charge >= 0.3 is 5.97 Å². The Balaban J connectivity index is 2.52. The molecule has 90 valence electrons. The Morgan fingerprint density at radius 1 is 1.50 bits per heavy atom. The highest BCUT2D eigenvalue weighted by atomic mass is 32.1. The third-order valence-electron chi connectivity index (χ3n) is 2.24. The van der Waals surface area contributed by atoms with E-state index in [2.05, 4.69) is 9.88 Å². The van der Waals surface area contributed by atoms with Gasteiger partial charge < -0.3 is 10.0 Å². The fourth-order valence-electron chi connectivity index (χ4n) is 1.44. The van der Waals surface area contributed by atoms with Crippen molar-refractivity contribution in [3.63, 3.8) is 0 Å². The lowest BCUT2D eigenvalue weighted by Crippen LogP contribution is -2.13. The maximum atomic E-state index is 10.6. The van der Waals surface area contributed by atoms with Gasteiger partial charge in [0.1, 0.15) is 0 Å². The van der Waals surface area contributed by atoms with E-state index in [0.29, 0.717) is 0 Å². The van der Waals surface area contributed by atoms with Crippen LogP contribution in [0, 0.1) is 6.92 Å². The van der Waals surface area contributed by atoms with E-state index >= 15 is 0 Å². The van der Waals surface area contributed by atoms with Crippen molar-refractivity contribution in [3.05, 3.63) is 15.6 Å². The van der Waals surface area contributed by atoms with Gasteiger partial charge in [-0.3, -0.25) is 4.79 Å². The monoisotopic (exact) mass is 242 g/mol. The molecule has 0 unspecified atom stereocenters. The first-order chi connectivity index (χ1) is 7.49. The highest BCUT2D eigenvalue weighted by Gasteiger charge is 2.10. The lowest BCUT2D eigenvalue weighted by Gasteiger charge is -2.07. The molecule has 5 heteroatoms. The van der Waals surface area contributed by atoms with Crippen LogP contribution in [0.1, 0.15) is 22.0 Å². The maximum absolute atomic E-state index is 10.6. The molecule has 0 saturated carbocycles. The average molecular weight is 242 g/mol. The largest absolute Gasteiger partial charge is 0.481 e. The summed E-state index contributed by atoms with van der Waals surface area (Å²) in [5.41, 5.74) is 0.868. The number of rotatable bonds is 6. The Hall–Kier alpha value is -0.940. The molecule has 0 aromatic carbocycles. The predicted molar refractivity (Wildman–Crippen MR) is 65.1 cm³/mol. The Labute approximate surface area is 99.9 Å². The molecule has 4 nitrogen and oxygen atoms in total. The summed E-state index contributed by atoms with van der Waals surface area (Å²) in [5.74, 6) is -0.786. The number of carbonyl (C=O) groups is 1. The molecule has 0 spiro atoms. The fraction of sp³-hybridized carbons (Fsp3) is 0.636. The number of thiazole rings is 1. The highest BCUT2D eigenvalue weighted by Crippen LogP contribution is 2.19. The lowest BCUT2D eigenvalue weighted by atomic mass is 10.3. The van der Waals surface area contributed by atoms with E-state index in [9.17, 15) is 4.79 Å². The van der Waals surface area contributed by atoms with Gasteiger partial charge in [0, 0.05) is 11.3 Å². The zero-order valence-corrected chi connectivity index (χ0v) is 10.8. The first-order valence-corrected chi connectivity index (χ1v) is 6.12. The molecule has 0 aliphatic rings. The van der Waals surface area contributed by atoms with E-state index in [1.54, 1.807) is 0 Å². The van der Waals surface area contributed by atoms with Gasteiger partial charge in [0.25, 0.3) is 0 Å². The lowest BCUT2D eigenvalue weighted by molar-refractivity contribution is -0.136. The number of aliphatic carboxylic acids is 1. The summed E-state index contributed by atoms with van der Waals surface area (Å²) >= 11 is 1.53. The van der Waals surface area contributed by atoms with E-state index in [-0.39, 0.29) is 6.42 Å². The number of aryl methyl sites for hydroxylation is 2. The van der Waals surface area contributed by atoms with E-state index in [1.807, 2.05) is 21.0 Å². The molecule has 0 aliphatic carbocycles. The molecule has 0 fully saturated rings. The normalized spacial score (nSPS) is 11.0. The molecular weight excluding hydrogens is 224 g/mol. The highest BCUT2D eigenvalue weighted by molar-refractivity contribution is 7.11. The SMILES string of the molecule is Cc1nc(CCCN(C)C)sc1CC(=O)O. The van der Waals surface area contributed by atoms with Gasteiger partial charge in [-0.25, -0.2) is 4.98 Å². The van der Waals surface area contributed by atoms with Crippen molar-refractivity contribution in [2.24, 2.45) is 0 Å². The fourth-order valence-corrected chi connectivity index (χ4v) is 2.55. The molecule has 0 amide bonds. The minimum absolute atomic E-state index is 0.0944. The summed E-state index contributed by atoms with van der Waals surface area (Å²) in [4.78, 5) is 18.0. The number of hydrogen-bond acceptors (Lipinski definition) is 4. The van der Waals surface area contributed by atoms with Crippen LogP contribution in [0.25, 0.3) is 0 Å². The van der Waals surface area contributed by atoms with Gasteiger partial charge in [-0.1, -0.05) is 0 Å². The van der Waals surface area contributed by atoms with Crippen molar-refractivity contribution in [2.75, 3.05) is 20.6 Å². The second-order valence-electron chi connectivity index (χ2n) is 4.09. The van der Waals surface area contributed by atoms with E-state index < -0.39 is 5.97 Å². The van der Waals surface area contributed by atoms with Crippen LogP contribution < -0.4 is 0 Å². The van der Waals surface area contributed by atoms with Crippen LogP contribution in [0.5, 0.6) is 0 Å². The quantitative estimate of drug-likeness (QED) is 0.822. The number of aromatic nitrogens is 1. The van der Waals surface area contributed by atoms with Crippen molar-refractivity contribution < 1.29 is 9.90 Å². The number of carboxylic acids is 1. The van der Waals surface area contributed by atoms with Gasteiger partial charge in [0.05, 0.1) is 17.1 Å². The smallest absolute Gasteiger partial charge is 0.308 e. The molecule has 0 saturated heterocycles. The summed E-state index contributed by atoms with van der Waals surface area (Å²) < 4.78 is 0. The third-order valence-corrected chi connectivity index (χ3v) is 3.46. The summed E-state index contributed by atoms with van der Waals surface area (Å²) in [5, 5.41) is 9.77. The van der Waals surface area contributed by atoms with Crippen molar-refractivity contribution >= 4 is 17.3 Å². The number of nitrogens with zero attached hydrogens (tertiary/aromatic N) is 2. The summed E-state index contributed by atoms with van der Waals surface area (Å²) in [6.45, 7) is 2.91. The van der Waals surface area contributed by atoms with Crippen molar-refractivity contribution in [2.45, 2.75) is 26.2 Å². The average Bonchev–Trinajstić information content (AvgIpc) is 2.45. The molecule has 0 aliphatic heterocycles. The van der Waals surface area contributed by atoms with Crippen LogP contribution in [0.3, 0.4) is 0 Å². The first-order valence-electron chi connectivity index (χ1n) is 5.30. The van der Waals surface area contributed by atoms with Crippen LogP contribution in [-0.4, -0.2) is 41.6 Å². The zero-order valence-electron chi connectivity index (χ0n) is 9.99. The van der Waals surface area contributed by atoms with Crippen LogP contribution >= 0.6 is 11.3 Å². The van der Waals surface area contributed by atoms with E-state index in [0.717, 1.165) is 35.0 Å². The van der Waals surface area contributed by atoms with Gasteiger partial charge in [0.15, 0.2) is 0 Å². The molecule has 0 atom stereocenters. The standard InChI is InChI=1S/C11H18N2O2S/c1-8-9(7-11(14)15)16-10(12-8)5-4-6-13(2)3/h4-7H2,1-3H3,(H,14,15). The Kier molecular flexibility index (Phi) is 4.89. The number of carboxylic acid groups (broad SMARTS) is 1. The molecule has 1 aromatic heterocycles. The molecule has 0 radical (unpaired) electrons. The number of hydrogen-bond donors (Lipinski definition) is 1. The first kappa shape index (κ1) is 13.1. The minimum atomic E-state index is -0.786. The summed E-state index contributed by atoms with van der Waals surface area (Å²) in [6.07, 6.45) is 2.09. The molecule has 16 heavy (non-hydrogen) atoms. The van der Waals surface area contributed by atoms with E-state index in [1.165, 1.54) is 11.3 Å². The Morgan fingerprint density at radius 3 is 2.75 bits per heavy atom. The van der Waals surface area contributed by atoms with Gasteiger partial charge in [-0.15, -0.1) is 11.3 Å². The Morgan fingerprint density at radius 2 is 2.19 bits per heavy atom. The maximum Gasteiger partial charge on any atom is 0.308 e. The van der Waals surface area contributed by atoms with Crippen molar-refractivity contribution in [1.82, 2.24) is 9.88 Å². The predicted octanol–water partition coefficient (Wildman–Crippen LogP) is 1.57. The van der Waals surface area contributed by atoms with Gasteiger partial charge in [-0.2, -0.15) is 0 Å². The Bertz CT molecular complexity index is 361. The molecule has 1 aromatic rings.